The summed E-state index contributed by atoms with van der Waals surface area (Å²) in [4.78, 5) is 25.1. The number of benzene rings is 2. The predicted molar refractivity (Wildman–Crippen MR) is 95.3 cm³/mol. The highest BCUT2D eigenvalue weighted by molar-refractivity contribution is 5.95. The van der Waals surface area contributed by atoms with Crippen LogP contribution in [0.5, 0.6) is 5.75 Å². The van der Waals surface area contributed by atoms with Gasteiger partial charge in [-0.15, -0.1) is 0 Å². The summed E-state index contributed by atoms with van der Waals surface area (Å²) < 4.78 is 24.0. The van der Waals surface area contributed by atoms with Crippen LogP contribution in [0.4, 0.5) is 10.1 Å². The van der Waals surface area contributed by atoms with Gasteiger partial charge in [0.05, 0.1) is 24.7 Å². The van der Waals surface area contributed by atoms with Crippen molar-refractivity contribution in [2.24, 2.45) is 0 Å². The molecule has 1 amide bonds. The second-order valence-electron chi connectivity index (χ2n) is 6.03. The summed E-state index contributed by atoms with van der Waals surface area (Å²) in [6, 6.07) is 10.1. The lowest BCUT2D eigenvalue weighted by Gasteiger charge is -2.33. The first kappa shape index (κ1) is 18.8. The fraction of sp³-hybridized carbons (Fsp3) is 0.316. The maximum Gasteiger partial charge on any atom is 0.311 e. The summed E-state index contributed by atoms with van der Waals surface area (Å²) in [5.41, 5.74) is 0.738. The summed E-state index contributed by atoms with van der Waals surface area (Å²) in [5, 5.41) is 11.3. The standard InChI is InChI=1S/C19H19FN2O5/c1-2-26-17-8-5-14(11-16(17)22(24)25)19(23)21-9-10-27-18(12-21)13-3-6-15(20)7-4-13/h3-8,11,18H,2,9-10,12H2,1H3. The molecule has 1 aliphatic heterocycles. The maximum absolute atomic E-state index is 13.1. The van der Waals surface area contributed by atoms with Crippen molar-refractivity contribution in [3.05, 3.63) is 69.5 Å². The molecule has 142 valence electrons. The lowest BCUT2D eigenvalue weighted by Crippen LogP contribution is -2.42. The summed E-state index contributed by atoms with van der Waals surface area (Å²) in [5.74, 6) is -0.536. The molecule has 1 unspecified atom stereocenters. The van der Waals surface area contributed by atoms with E-state index in [-0.39, 0.29) is 48.0 Å². The molecule has 0 radical (unpaired) electrons. The number of carbonyl (C=O) groups excluding carboxylic acids is 1. The van der Waals surface area contributed by atoms with Crippen LogP contribution >= 0.6 is 0 Å². The van der Waals surface area contributed by atoms with E-state index < -0.39 is 4.92 Å². The van der Waals surface area contributed by atoms with E-state index in [2.05, 4.69) is 0 Å². The predicted octanol–water partition coefficient (Wildman–Crippen LogP) is 3.35. The van der Waals surface area contributed by atoms with Crippen LogP contribution in [-0.2, 0) is 4.74 Å². The number of hydrogen-bond donors (Lipinski definition) is 0. The molecule has 0 spiro atoms. The highest BCUT2D eigenvalue weighted by Crippen LogP contribution is 2.29. The molecule has 2 aromatic rings. The van der Waals surface area contributed by atoms with Gasteiger partial charge in [-0.05, 0) is 36.8 Å². The van der Waals surface area contributed by atoms with Crippen LogP contribution in [0.3, 0.4) is 0 Å². The summed E-state index contributed by atoms with van der Waals surface area (Å²) in [6.07, 6.45) is -0.374. The summed E-state index contributed by atoms with van der Waals surface area (Å²) in [6.45, 7) is 3.00. The molecule has 2 aromatic carbocycles. The molecule has 1 fully saturated rings. The monoisotopic (exact) mass is 374 g/mol. The Morgan fingerprint density at radius 2 is 2.07 bits per heavy atom. The van der Waals surface area contributed by atoms with Crippen molar-refractivity contribution in [1.82, 2.24) is 4.90 Å². The zero-order valence-corrected chi connectivity index (χ0v) is 14.8. The highest BCUT2D eigenvalue weighted by Gasteiger charge is 2.28. The molecule has 27 heavy (non-hydrogen) atoms. The van der Waals surface area contributed by atoms with Gasteiger partial charge in [0.25, 0.3) is 5.91 Å². The number of carbonyl (C=O) groups is 1. The Morgan fingerprint density at radius 3 is 2.74 bits per heavy atom. The lowest BCUT2D eigenvalue weighted by atomic mass is 10.1. The number of nitro benzene ring substituents is 1. The molecule has 1 atom stereocenters. The third-order valence-electron chi connectivity index (χ3n) is 4.30. The topological polar surface area (TPSA) is 81.9 Å². The Morgan fingerprint density at radius 1 is 1.33 bits per heavy atom. The first-order valence-electron chi connectivity index (χ1n) is 8.57. The second-order valence-corrected chi connectivity index (χ2v) is 6.03. The number of morpholine rings is 1. The van der Waals surface area contributed by atoms with E-state index in [9.17, 15) is 19.3 Å². The number of nitrogens with zero attached hydrogens (tertiary/aromatic N) is 2. The van der Waals surface area contributed by atoms with Gasteiger partial charge in [0.2, 0.25) is 0 Å². The van der Waals surface area contributed by atoms with Gasteiger partial charge >= 0.3 is 5.69 Å². The van der Waals surface area contributed by atoms with Gasteiger partial charge in [0.1, 0.15) is 11.9 Å². The number of nitro groups is 1. The quantitative estimate of drug-likeness (QED) is 0.592. The van der Waals surface area contributed by atoms with Crippen LogP contribution < -0.4 is 4.74 Å². The van der Waals surface area contributed by atoms with Crippen molar-refractivity contribution >= 4 is 11.6 Å². The molecule has 1 saturated heterocycles. The molecule has 0 bridgehead atoms. The van der Waals surface area contributed by atoms with Gasteiger partial charge in [-0.3, -0.25) is 14.9 Å². The number of ether oxygens (including phenoxy) is 2. The zero-order valence-electron chi connectivity index (χ0n) is 14.8. The molecule has 8 heteroatoms. The van der Waals surface area contributed by atoms with E-state index in [4.69, 9.17) is 9.47 Å². The molecule has 0 aliphatic carbocycles. The summed E-state index contributed by atoms with van der Waals surface area (Å²) in [7, 11) is 0. The normalized spacial score (nSPS) is 16.8. The first-order valence-corrected chi connectivity index (χ1v) is 8.57. The van der Waals surface area contributed by atoms with Gasteiger partial charge in [0, 0.05) is 18.2 Å². The highest BCUT2D eigenvalue weighted by atomic mass is 19.1. The van der Waals surface area contributed by atoms with Crippen molar-refractivity contribution in [1.29, 1.82) is 0 Å². The Kier molecular flexibility index (Phi) is 5.66. The largest absolute Gasteiger partial charge is 0.487 e. The molecule has 7 nitrogen and oxygen atoms in total. The molecule has 3 rings (SSSR count). The van der Waals surface area contributed by atoms with E-state index in [1.165, 1.54) is 30.3 Å². The van der Waals surface area contributed by atoms with Gasteiger partial charge in [0.15, 0.2) is 5.75 Å². The molecule has 0 N–H and O–H groups in total. The van der Waals surface area contributed by atoms with Crippen molar-refractivity contribution in [3.63, 3.8) is 0 Å². The van der Waals surface area contributed by atoms with E-state index in [0.717, 1.165) is 5.56 Å². The van der Waals surface area contributed by atoms with Crippen molar-refractivity contribution in [2.45, 2.75) is 13.0 Å². The minimum atomic E-state index is -0.567. The minimum Gasteiger partial charge on any atom is -0.487 e. The zero-order chi connectivity index (χ0) is 19.4. The van der Waals surface area contributed by atoms with Gasteiger partial charge < -0.3 is 14.4 Å². The number of amides is 1. The van der Waals surface area contributed by atoms with Gasteiger partial charge in [-0.2, -0.15) is 0 Å². The number of halogens is 1. The molecule has 0 aromatic heterocycles. The van der Waals surface area contributed by atoms with Crippen LogP contribution in [0.2, 0.25) is 0 Å². The molecule has 0 saturated carbocycles. The number of rotatable bonds is 5. The average Bonchev–Trinajstić information content (AvgIpc) is 2.68. The Balaban J connectivity index is 1.79. The maximum atomic E-state index is 13.1. The Bertz CT molecular complexity index is 840. The minimum absolute atomic E-state index is 0.130. The fourth-order valence-corrected chi connectivity index (χ4v) is 2.97. The smallest absolute Gasteiger partial charge is 0.311 e. The fourth-order valence-electron chi connectivity index (χ4n) is 2.97. The third-order valence-corrected chi connectivity index (χ3v) is 4.30. The van der Waals surface area contributed by atoms with Gasteiger partial charge in [-0.25, -0.2) is 4.39 Å². The molecular weight excluding hydrogens is 355 g/mol. The number of hydrogen-bond acceptors (Lipinski definition) is 5. The average molecular weight is 374 g/mol. The Hall–Kier alpha value is -3.00. The van der Waals surface area contributed by atoms with Crippen molar-refractivity contribution in [3.8, 4) is 5.75 Å². The van der Waals surface area contributed by atoms with Crippen LogP contribution in [-0.4, -0.2) is 42.0 Å². The third kappa shape index (κ3) is 4.22. The van der Waals surface area contributed by atoms with Crippen LogP contribution in [0.15, 0.2) is 42.5 Å². The van der Waals surface area contributed by atoms with E-state index in [1.807, 2.05) is 0 Å². The van der Waals surface area contributed by atoms with Crippen molar-refractivity contribution in [2.75, 3.05) is 26.3 Å². The lowest BCUT2D eigenvalue weighted by molar-refractivity contribution is -0.385. The molecular formula is C19H19FN2O5. The van der Waals surface area contributed by atoms with E-state index in [1.54, 1.807) is 24.0 Å². The van der Waals surface area contributed by atoms with Gasteiger partial charge in [-0.1, -0.05) is 12.1 Å². The van der Waals surface area contributed by atoms with E-state index in [0.29, 0.717) is 13.2 Å². The molecule has 1 heterocycles. The summed E-state index contributed by atoms with van der Waals surface area (Å²) >= 11 is 0. The molecule has 1 aliphatic rings. The van der Waals surface area contributed by atoms with E-state index >= 15 is 0 Å². The van der Waals surface area contributed by atoms with Crippen LogP contribution in [0.1, 0.15) is 28.9 Å². The van der Waals surface area contributed by atoms with Crippen LogP contribution in [0.25, 0.3) is 0 Å². The second kappa shape index (κ2) is 8.13. The SMILES string of the molecule is CCOc1ccc(C(=O)N2CCOC(c3ccc(F)cc3)C2)cc1[N+](=O)[O-]. The van der Waals surface area contributed by atoms with Crippen molar-refractivity contribution < 1.29 is 23.6 Å². The Labute approximate surface area is 155 Å². The van der Waals surface area contributed by atoms with Crippen LogP contribution in [0, 0.1) is 15.9 Å². The first-order chi connectivity index (χ1) is 13.0.